The lowest BCUT2D eigenvalue weighted by atomic mass is 10.0. The minimum Gasteiger partial charge on any atom is -0.440 e. The van der Waals surface area contributed by atoms with Crippen molar-refractivity contribution in [1.82, 2.24) is 5.32 Å². The van der Waals surface area contributed by atoms with E-state index in [9.17, 15) is 5.11 Å². The minimum absolute atomic E-state index is 0.174. The maximum atomic E-state index is 10.1. The highest BCUT2D eigenvalue weighted by atomic mass is 16.7. The van der Waals surface area contributed by atoms with E-state index in [1.807, 2.05) is 0 Å². The van der Waals surface area contributed by atoms with E-state index < -0.39 is 36.7 Å². The molecule has 7 nitrogen and oxygen atoms in total. The number of rotatable bonds is 16. The van der Waals surface area contributed by atoms with Crippen LogP contribution in [0.25, 0.3) is 0 Å². The van der Waals surface area contributed by atoms with Crippen LogP contribution in [0.3, 0.4) is 0 Å². The van der Waals surface area contributed by atoms with Crippen LogP contribution in [0, 0.1) is 0 Å². The second-order valence-corrected chi connectivity index (χ2v) is 6.79. The topological polar surface area (TPSA) is 78.4 Å². The average molecular weight is 397 g/mol. The first-order valence-electron chi connectivity index (χ1n) is 10.1. The molecule has 4 unspecified atom stereocenters. The van der Waals surface area contributed by atoms with E-state index in [2.05, 4.69) is 32.3 Å². The largest absolute Gasteiger partial charge is 0.440 e. The van der Waals surface area contributed by atoms with Crippen LogP contribution in [0.2, 0.25) is 0 Å². The highest BCUT2D eigenvalue weighted by Gasteiger charge is 2.43. The van der Waals surface area contributed by atoms with Crippen molar-refractivity contribution in [3.63, 3.8) is 0 Å². The number of nitrogens with one attached hydrogen (secondary N) is 1. The molecule has 2 radical (unpaired) electrons. The van der Waals surface area contributed by atoms with Crippen molar-refractivity contribution in [2.45, 2.75) is 76.3 Å². The third kappa shape index (κ3) is 8.23. The lowest BCUT2D eigenvalue weighted by Gasteiger charge is -2.42. The van der Waals surface area contributed by atoms with Crippen molar-refractivity contribution in [3.05, 3.63) is 25.4 Å². The van der Waals surface area contributed by atoms with E-state index in [0.717, 1.165) is 25.7 Å². The van der Waals surface area contributed by atoms with Crippen molar-refractivity contribution < 1.29 is 28.7 Å². The molecule has 0 bridgehead atoms. The zero-order valence-corrected chi connectivity index (χ0v) is 17.3. The van der Waals surface area contributed by atoms with Crippen molar-refractivity contribution >= 4 is 8.05 Å². The molecule has 1 heterocycles. The van der Waals surface area contributed by atoms with Gasteiger partial charge < -0.3 is 34.0 Å². The summed E-state index contributed by atoms with van der Waals surface area (Å²) in [7, 11) is 5.46. The van der Waals surface area contributed by atoms with Crippen molar-refractivity contribution in [3.8, 4) is 0 Å². The highest BCUT2D eigenvalue weighted by Crippen LogP contribution is 2.25. The van der Waals surface area contributed by atoms with Gasteiger partial charge in [-0.2, -0.15) is 0 Å². The fourth-order valence-electron chi connectivity index (χ4n) is 2.87. The first kappa shape index (κ1) is 25.1. The number of aliphatic hydroxyl groups is 1. The standard InChI is InChI=1S/C20H36BNO6/c1-5-9-11-24-18-17(28-21)14-27-20(19(18)25-12-10-6-2)26-13-15(22-8-4)16(23)7-3/h7-8,15-20,22-23H,3-6,9-14H2,1-2H3/t15-,16+,17?,18?,19?,20?/m0/s1. The highest BCUT2D eigenvalue weighted by molar-refractivity contribution is 5.98. The molecule has 0 amide bonds. The van der Waals surface area contributed by atoms with E-state index in [4.69, 9.17) is 31.7 Å². The number of hydrogen-bond acceptors (Lipinski definition) is 7. The van der Waals surface area contributed by atoms with Crippen LogP contribution in [0.4, 0.5) is 0 Å². The molecule has 1 aliphatic rings. The molecule has 6 atom stereocenters. The third-order valence-electron chi connectivity index (χ3n) is 4.60. The first-order valence-corrected chi connectivity index (χ1v) is 10.1. The molecule has 0 aliphatic carbocycles. The summed E-state index contributed by atoms with van der Waals surface area (Å²) in [6, 6.07) is -0.405. The normalized spacial score (nSPS) is 27.1. The number of aliphatic hydroxyl groups excluding tert-OH is 1. The predicted octanol–water partition coefficient (Wildman–Crippen LogP) is 1.85. The van der Waals surface area contributed by atoms with Crippen molar-refractivity contribution in [2.75, 3.05) is 26.4 Å². The molecule has 2 N–H and O–H groups in total. The second-order valence-electron chi connectivity index (χ2n) is 6.79. The van der Waals surface area contributed by atoms with Gasteiger partial charge in [-0.05, 0) is 19.0 Å². The van der Waals surface area contributed by atoms with E-state index >= 15 is 0 Å². The van der Waals surface area contributed by atoms with Crippen LogP contribution in [0.5, 0.6) is 0 Å². The molecule has 1 saturated heterocycles. The van der Waals surface area contributed by atoms with Gasteiger partial charge in [-0.15, -0.1) is 6.58 Å². The summed E-state index contributed by atoms with van der Waals surface area (Å²) in [5.74, 6) is 0. The molecular weight excluding hydrogens is 361 g/mol. The quantitative estimate of drug-likeness (QED) is 0.234. The number of ether oxygens (including phenoxy) is 4. The summed E-state index contributed by atoms with van der Waals surface area (Å²) in [6.45, 7) is 13.0. The van der Waals surface area contributed by atoms with Crippen LogP contribution < -0.4 is 5.32 Å². The van der Waals surface area contributed by atoms with E-state index in [0.29, 0.717) is 13.2 Å². The molecule has 1 fully saturated rings. The Morgan fingerprint density at radius 3 is 2.32 bits per heavy atom. The number of unbranched alkanes of at least 4 members (excludes halogenated alkanes) is 2. The summed E-state index contributed by atoms with van der Waals surface area (Å²) in [4.78, 5) is 0. The van der Waals surface area contributed by atoms with E-state index in [1.165, 1.54) is 12.3 Å². The van der Waals surface area contributed by atoms with Gasteiger partial charge in [0.1, 0.15) is 12.2 Å². The lowest BCUT2D eigenvalue weighted by molar-refractivity contribution is -0.286. The molecule has 0 saturated carbocycles. The third-order valence-corrected chi connectivity index (χ3v) is 4.60. The van der Waals surface area contributed by atoms with Gasteiger partial charge in [-0.3, -0.25) is 0 Å². The van der Waals surface area contributed by atoms with Gasteiger partial charge in [0.15, 0.2) is 6.29 Å². The van der Waals surface area contributed by atoms with E-state index in [-0.39, 0.29) is 13.2 Å². The van der Waals surface area contributed by atoms with Crippen LogP contribution >= 0.6 is 0 Å². The minimum atomic E-state index is -0.794. The zero-order valence-electron chi connectivity index (χ0n) is 17.3. The predicted molar refractivity (Wildman–Crippen MR) is 109 cm³/mol. The molecule has 1 rings (SSSR count). The molecule has 0 aromatic heterocycles. The summed E-state index contributed by atoms with van der Waals surface area (Å²) in [5.41, 5.74) is 0. The van der Waals surface area contributed by atoms with Gasteiger partial charge in [-0.25, -0.2) is 0 Å². The van der Waals surface area contributed by atoms with Crippen LogP contribution in [-0.4, -0.2) is 76.3 Å². The van der Waals surface area contributed by atoms with Gasteiger partial charge in [0.2, 0.25) is 0 Å². The Bertz CT molecular complexity index is 428. The van der Waals surface area contributed by atoms with Gasteiger partial charge in [0, 0.05) is 13.2 Å². The fourth-order valence-corrected chi connectivity index (χ4v) is 2.87. The molecule has 0 spiro atoms. The fraction of sp³-hybridized carbons (Fsp3) is 0.800. The summed E-state index contributed by atoms with van der Waals surface area (Å²) >= 11 is 0. The van der Waals surface area contributed by atoms with Crippen molar-refractivity contribution in [1.29, 1.82) is 0 Å². The summed E-state index contributed by atoms with van der Waals surface area (Å²) in [5, 5.41) is 13.0. The monoisotopic (exact) mass is 397 g/mol. The average Bonchev–Trinajstić information content (AvgIpc) is 2.71. The molecular formula is C20H36BNO6. The Morgan fingerprint density at radius 2 is 1.79 bits per heavy atom. The van der Waals surface area contributed by atoms with Crippen LogP contribution in [-0.2, 0) is 23.6 Å². The summed E-state index contributed by atoms with van der Waals surface area (Å²) < 4.78 is 28.9. The first-order chi connectivity index (χ1) is 13.6. The van der Waals surface area contributed by atoms with Gasteiger partial charge in [0.25, 0.3) is 8.05 Å². The Kier molecular flexibility index (Phi) is 13.5. The lowest BCUT2D eigenvalue weighted by Crippen LogP contribution is -2.57. The Hall–Kier alpha value is -0.895. The Morgan fingerprint density at radius 1 is 1.14 bits per heavy atom. The maximum absolute atomic E-state index is 10.1. The molecule has 0 aromatic carbocycles. The van der Waals surface area contributed by atoms with Gasteiger partial charge in [-0.1, -0.05) is 39.3 Å². The van der Waals surface area contributed by atoms with E-state index in [1.54, 1.807) is 0 Å². The number of hydrogen-bond donors (Lipinski definition) is 2. The molecule has 160 valence electrons. The van der Waals surface area contributed by atoms with Gasteiger partial charge >= 0.3 is 0 Å². The van der Waals surface area contributed by atoms with Crippen LogP contribution in [0.15, 0.2) is 25.4 Å². The Balaban J connectivity index is 2.82. The molecule has 0 aromatic rings. The van der Waals surface area contributed by atoms with Gasteiger partial charge in [0.05, 0.1) is 31.5 Å². The van der Waals surface area contributed by atoms with Crippen molar-refractivity contribution in [2.24, 2.45) is 0 Å². The smallest absolute Gasteiger partial charge is 0.283 e. The molecule has 8 heteroatoms. The second kappa shape index (κ2) is 15.0. The van der Waals surface area contributed by atoms with Crippen LogP contribution in [0.1, 0.15) is 39.5 Å². The molecule has 28 heavy (non-hydrogen) atoms. The maximum Gasteiger partial charge on any atom is 0.283 e. The SMILES string of the molecule is [B]OC1COC(OC[C@H](NC=C)[C@H](O)C=C)C(OCCCC)C1OCCCC. The Labute approximate surface area is 170 Å². The molecule has 1 aliphatic heterocycles. The summed E-state index contributed by atoms with van der Waals surface area (Å²) in [6.07, 6.45) is 4.03. The zero-order chi connectivity index (χ0) is 20.8.